The summed E-state index contributed by atoms with van der Waals surface area (Å²) in [5.41, 5.74) is -2.14. The van der Waals surface area contributed by atoms with Gasteiger partial charge in [0.1, 0.15) is 6.83 Å². The van der Waals surface area contributed by atoms with Crippen molar-refractivity contribution >= 4 is 5.91 Å². The molecule has 0 aromatic rings. The van der Waals surface area contributed by atoms with Gasteiger partial charge in [-0.05, 0) is 19.3 Å². The van der Waals surface area contributed by atoms with E-state index >= 15 is 0 Å². The van der Waals surface area contributed by atoms with Crippen LogP contribution in [0.1, 0.15) is 32.6 Å². The van der Waals surface area contributed by atoms with Crippen molar-refractivity contribution in [1.29, 1.82) is 0 Å². The van der Waals surface area contributed by atoms with Crippen molar-refractivity contribution in [3.8, 4) is 0 Å². The molecule has 1 saturated heterocycles. The molecule has 0 bridgehead atoms. The molecule has 1 saturated carbocycles. The highest BCUT2D eigenvalue weighted by atomic mass is 19.4. The number of nitrogens with one attached hydrogen (secondary N) is 1. The molecule has 104 valence electrons. The first-order chi connectivity index (χ1) is 8.82. The molecular formula is C12H19F3N2O. The summed E-state index contributed by atoms with van der Waals surface area (Å²) in [5, 5.41) is 1.37. The van der Waals surface area contributed by atoms with Crippen LogP contribution < -0.4 is 5.31 Å². The second-order valence-electron chi connectivity index (χ2n) is 5.15. The second kappa shape index (κ2) is 4.72. The smallest absolute Gasteiger partial charge is 0.339 e. The van der Waals surface area contributed by atoms with Crippen LogP contribution in [0.4, 0.5) is 13.2 Å². The molecule has 1 heterocycles. The van der Waals surface area contributed by atoms with Gasteiger partial charge < -0.3 is 10.2 Å². The Hall–Kier alpha value is -0.780. The molecule has 1 atom stereocenters. The zero-order valence-electron chi connectivity index (χ0n) is 11.5. The van der Waals surface area contributed by atoms with E-state index in [0.717, 1.165) is 0 Å². The van der Waals surface area contributed by atoms with Crippen LogP contribution in [-0.2, 0) is 4.79 Å². The average Bonchev–Trinajstić information content (AvgIpc) is 2.25. The van der Waals surface area contributed by atoms with Gasteiger partial charge in [-0.15, -0.1) is 0 Å². The highest BCUT2D eigenvalue weighted by Crippen LogP contribution is 2.54. The minimum atomic E-state index is -4.46. The van der Waals surface area contributed by atoms with E-state index < -0.39 is 17.5 Å². The number of piperazine rings is 1. The van der Waals surface area contributed by atoms with Crippen molar-refractivity contribution in [3.05, 3.63) is 0 Å². The largest absolute Gasteiger partial charge is 0.403 e. The first kappa shape index (κ1) is 12.3. The Labute approximate surface area is 106 Å². The summed E-state index contributed by atoms with van der Waals surface area (Å²) in [6.07, 6.45) is -3.52. The number of hydrogen-bond donors (Lipinski definition) is 1. The van der Waals surface area contributed by atoms with Gasteiger partial charge in [-0.3, -0.25) is 4.79 Å². The Bertz CT molecular complexity index is 357. The van der Waals surface area contributed by atoms with E-state index in [4.69, 9.17) is 1.41 Å². The molecule has 0 aromatic heterocycles. The summed E-state index contributed by atoms with van der Waals surface area (Å²) in [4.78, 5) is 13.6. The van der Waals surface area contributed by atoms with E-state index in [1.807, 2.05) is 6.92 Å². The van der Waals surface area contributed by atoms with Crippen LogP contribution in [0.5, 0.6) is 0 Å². The van der Waals surface area contributed by atoms with Crippen molar-refractivity contribution in [2.45, 2.75) is 44.8 Å². The Morgan fingerprint density at radius 3 is 2.67 bits per heavy atom. The van der Waals surface area contributed by atoms with Crippen LogP contribution in [0.3, 0.4) is 0 Å². The molecule has 1 N–H and O–H groups in total. The fourth-order valence-electron chi connectivity index (χ4n) is 2.66. The highest BCUT2D eigenvalue weighted by molar-refractivity contribution is 5.84. The van der Waals surface area contributed by atoms with Crippen LogP contribution in [0.2, 0.25) is 1.41 Å². The maximum atomic E-state index is 13.1. The molecular weight excluding hydrogens is 245 g/mol. The van der Waals surface area contributed by atoms with Crippen LogP contribution >= 0.6 is 0 Å². The molecule has 1 aliphatic heterocycles. The van der Waals surface area contributed by atoms with Crippen LogP contribution in [0.25, 0.3) is 0 Å². The van der Waals surface area contributed by atoms with Gasteiger partial charge in [0.25, 0.3) is 0 Å². The van der Waals surface area contributed by atoms with Crippen LogP contribution in [0, 0.1) is 5.41 Å². The summed E-state index contributed by atoms with van der Waals surface area (Å²) >= 11 is 0. The van der Waals surface area contributed by atoms with Gasteiger partial charge >= 0.3 is 6.18 Å². The van der Waals surface area contributed by atoms with Crippen molar-refractivity contribution in [3.63, 3.8) is 0 Å². The molecule has 0 unspecified atom stereocenters. The topological polar surface area (TPSA) is 32.3 Å². The standard InChI is InChI=1S/C12H19F3N2O/c1-2-9-8-17(7-6-16-9)10(18)11(4-3-5-11)12(13,14)15/h9,16H,2-8H2,1H3/t9-/m1/s1/i/hD. The minimum Gasteiger partial charge on any atom is -0.339 e. The number of nitrogens with zero attached hydrogens (tertiary/aromatic N) is 1. The Balaban J connectivity index is 2.11. The Morgan fingerprint density at radius 1 is 1.56 bits per heavy atom. The summed E-state index contributed by atoms with van der Waals surface area (Å²) < 4.78 is 47.0. The van der Waals surface area contributed by atoms with E-state index in [1.54, 1.807) is 0 Å². The lowest BCUT2D eigenvalue weighted by Gasteiger charge is -2.46. The maximum Gasteiger partial charge on any atom is 0.403 e. The van der Waals surface area contributed by atoms with Gasteiger partial charge in [-0.1, -0.05) is 13.3 Å². The molecule has 18 heavy (non-hydrogen) atoms. The summed E-state index contributed by atoms with van der Waals surface area (Å²) in [7, 11) is 0. The number of rotatable bonds is 2. The summed E-state index contributed by atoms with van der Waals surface area (Å²) in [5.74, 6) is -0.780. The quantitative estimate of drug-likeness (QED) is 0.827. The van der Waals surface area contributed by atoms with Gasteiger partial charge in [0.2, 0.25) is 5.91 Å². The summed E-state index contributed by atoms with van der Waals surface area (Å²) in [6, 6.07) is -0.164. The highest BCUT2D eigenvalue weighted by Gasteiger charge is 2.64. The molecule has 0 spiro atoms. The predicted molar refractivity (Wildman–Crippen MR) is 61.0 cm³/mol. The van der Waals surface area contributed by atoms with Crippen molar-refractivity contribution in [1.82, 2.24) is 10.2 Å². The van der Waals surface area contributed by atoms with Gasteiger partial charge in [0.15, 0.2) is 0 Å². The monoisotopic (exact) mass is 265 g/mol. The Kier molecular flexibility index (Phi) is 3.21. The van der Waals surface area contributed by atoms with Gasteiger partial charge in [-0.2, -0.15) is 13.2 Å². The molecule has 1 amide bonds. The molecule has 2 rings (SSSR count). The summed E-state index contributed by atoms with van der Waals surface area (Å²) in [6.45, 7) is 2.65. The van der Waals surface area contributed by atoms with Crippen LogP contribution in [0.15, 0.2) is 0 Å². The number of carbonyl (C=O) groups is 1. The zero-order chi connectivity index (χ0) is 14.3. The average molecular weight is 265 g/mol. The van der Waals surface area contributed by atoms with E-state index in [2.05, 4.69) is 0 Å². The molecule has 0 aromatic carbocycles. The molecule has 6 heteroatoms. The molecule has 2 aliphatic rings. The lowest BCUT2D eigenvalue weighted by Crippen LogP contribution is -2.61. The maximum absolute atomic E-state index is 13.1. The fourth-order valence-corrected chi connectivity index (χ4v) is 2.66. The van der Waals surface area contributed by atoms with Crippen molar-refractivity contribution in [2.24, 2.45) is 5.41 Å². The third kappa shape index (κ3) is 2.11. The van der Waals surface area contributed by atoms with Crippen molar-refractivity contribution in [2.75, 3.05) is 19.6 Å². The minimum absolute atomic E-state index is 0.0901. The molecule has 0 radical (unpaired) electrons. The number of halogens is 3. The van der Waals surface area contributed by atoms with Gasteiger partial charge in [0, 0.05) is 25.7 Å². The molecule has 2 fully saturated rings. The first-order valence-electron chi connectivity index (χ1n) is 6.88. The lowest BCUT2D eigenvalue weighted by molar-refractivity contribution is -0.248. The first-order valence-corrected chi connectivity index (χ1v) is 6.43. The molecule has 1 aliphatic carbocycles. The number of alkyl halides is 3. The lowest BCUT2D eigenvalue weighted by atomic mass is 9.67. The predicted octanol–water partition coefficient (Wildman–Crippen LogP) is 1.93. The number of hydrogen-bond acceptors (Lipinski definition) is 2. The Morgan fingerprint density at radius 2 is 2.22 bits per heavy atom. The van der Waals surface area contributed by atoms with Crippen molar-refractivity contribution < 1.29 is 19.4 Å². The van der Waals surface area contributed by atoms with E-state index in [0.29, 0.717) is 19.4 Å². The van der Waals surface area contributed by atoms with E-state index in [9.17, 15) is 18.0 Å². The molecule has 3 nitrogen and oxygen atoms in total. The normalized spacial score (nSPS) is 29.7. The number of amides is 1. The van der Waals surface area contributed by atoms with E-state index in [-0.39, 0.29) is 32.0 Å². The third-order valence-corrected chi connectivity index (χ3v) is 4.11. The fraction of sp³-hybridized carbons (Fsp3) is 0.917. The van der Waals surface area contributed by atoms with Crippen LogP contribution in [-0.4, -0.2) is 42.7 Å². The zero-order valence-corrected chi connectivity index (χ0v) is 10.5. The van der Waals surface area contributed by atoms with Gasteiger partial charge in [-0.25, -0.2) is 0 Å². The number of carbonyl (C=O) groups excluding carboxylic acids is 1. The van der Waals surface area contributed by atoms with E-state index in [1.165, 1.54) is 10.2 Å². The third-order valence-electron chi connectivity index (χ3n) is 4.11. The SMILES string of the molecule is [2H]N1CCN(C(=O)C2(C(F)(F)F)CCC2)C[C@H]1CC. The van der Waals surface area contributed by atoms with Gasteiger partial charge in [0.05, 0.1) is 0 Å². The second-order valence-corrected chi connectivity index (χ2v) is 5.15.